The number of hydrogen-bond donors (Lipinski definition) is 3. The number of ether oxygens (including phenoxy) is 1. The largest absolute Gasteiger partial charge is 0.410 e. The van der Waals surface area contributed by atoms with Crippen molar-refractivity contribution in [2.24, 2.45) is 5.92 Å². The molecule has 1 saturated carbocycles. The first-order chi connectivity index (χ1) is 20.3. The van der Waals surface area contributed by atoms with E-state index in [-0.39, 0.29) is 60.5 Å². The van der Waals surface area contributed by atoms with Crippen molar-refractivity contribution in [3.05, 3.63) is 52.6 Å². The Morgan fingerprint density at radius 3 is 2.44 bits per heavy atom. The Labute approximate surface area is 240 Å². The highest BCUT2D eigenvalue weighted by Gasteiger charge is 2.48. The minimum absolute atomic E-state index is 0.000410. The van der Waals surface area contributed by atoms with E-state index in [1.165, 1.54) is 20.1 Å². The van der Waals surface area contributed by atoms with Gasteiger partial charge in [-0.25, -0.2) is 13.8 Å². The molecule has 1 saturated heterocycles. The van der Waals surface area contributed by atoms with Crippen molar-refractivity contribution in [1.82, 2.24) is 25.8 Å². The van der Waals surface area contributed by atoms with E-state index in [1.807, 2.05) is 5.32 Å². The summed E-state index contributed by atoms with van der Waals surface area (Å²) in [4.78, 5) is 39.4. The predicted octanol–water partition coefficient (Wildman–Crippen LogP) is 4.24. The van der Waals surface area contributed by atoms with Gasteiger partial charge in [-0.05, 0) is 67.0 Å². The lowest BCUT2D eigenvalue weighted by Gasteiger charge is -2.31. The van der Waals surface area contributed by atoms with E-state index in [0.29, 0.717) is 0 Å². The molecule has 1 aromatic carbocycles. The summed E-state index contributed by atoms with van der Waals surface area (Å²) < 4.78 is 90.6. The Hall–Kier alpha value is -4.15. The third-order valence-electron chi connectivity index (χ3n) is 7.48. The molecule has 4 rings (SSSR count). The van der Waals surface area contributed by atoms with Crippen LogP contribution in [-0.4, -0.2) is 71.6 Å². The lowest BCUT2D eigenvalue weighted by Crippen LogP contribution is -2.49. The fourth-order valence-corrected chi connectivity index (χ4v) is 5.14. The van der Waals surface area contributed by atoms with Crippen molar-refractivity contribution >= 4 is 23.5 Å². The molecule has 17 heteroatoms. The molecular weight excluding hydrogens is 590 g/mol. The van der Waals surface area contributed by atoms with E-state index in [9.17, 15) is 36.3 Å². The van der Waals surface area contributed by atoms with Crippen molar-refractivity contribution in [3.63, 3.8) is 0 Å². The van der Waals surface area contributed by atoms with Gasteiger partial charge in [0.05, 0.1) is 24.9 Å². The van der Waals surface area contributed by atoms with Crippen molar-refractivity contribution in [2.45, 2.75) is 56.9 Å². The molecule has 43 heavy (non-hydrogen) atoms. The fraction of sp³-hybridized carbons (Fsp3) is 0.500. The third-order valence-corrected chi connectivity index (χ3v) is 7.48. The van der Waals surface area contributed by atoms with E-state index in [4.69, 9.17) is 4.74 Å². The van der Waals surface area contributed by atoms with Gasteiger partial charge in [0, 0.05) is 7.11 Å². The lowest BCUT2D eigenvalue weighted by atomic mass is 9.81. The van der Waals surface area contributed by atoms with Gasteiger partial charge in [0.1, 0.15) is 23.6 Å². The minimum atomic E-state index is -4.69. The number of carbonyl (C=O) groups is 3. The second kappa shape index (κ2) is 13.0. The first kappa shape index (κ1) is 31.8. The SMILES string of the molecule is COC[C@H](c1ccc(NC(=O)C(NC(=O)c2nonc2C)C2CCC(=C(F)F)CC2)c(F)c1)N1C[C@@H](C(F)(F)F)NC1=O. The van der Waals surface area contributed by atoms with Crippen molar-refractivity contribution < 1.29 is 50.1 Å². The summed E-state index contributed by atoms with van der Waals surface area (Å²) in [5.74, 6) is -3.21. The van der Waals surface area contributed by atoms with E-state index in [0.717, 1.165) is 17.0 Å². The molecule has 3 atom stereocenters. The molecule has 2 heterocycles. The first-order valence-electron chi connectivity index (χ1n) is 13.2. The maximum atomic E-state index is 15.3. The number of allylic oxidation sites excluding steroid dienone is 1. The average Bonchev–Trinajstić information content (AvgIpc) is 3.56. The first-order valence-corrected chi connectivity index (χ1v) is 13.2. The standard InChI is InChI=1S/C26H28F6N6O5/c1-12-20(37-43-36-12)23(39)35-21(13-3-5-14(6-4-13)22(28)29)24(40)33-17-8-7-15(9-16(17)27)18(11-42-2)38-10-19(26(30,31)32)34-25(38)41/h7-9,13,18-19,21H,3-6,10-11H2,1-2H3,(H,33,40)(H,34,41)(H,35,39)/t18-,19+,21?/m1/s1. The normalized spacial score (nSPS) is 20.4. The number of aromatic nitrogens is 2. The second-order valence-electron chi connectivity index (χ2n) is 10.2. The van der Waals surface area contributed by atoms with Crippen molar-refractivity contribution in [1.29, 1.82) is 0 Å². The average molecular weight is 619 g/mol. The van der Waals surface area contributed by atoms with E-state index < -0.39 is 66.5 Å². The van der Waals surface area contributed by atoms with Gasteiger partial charge in [0.25, 0.3) is 12.0 Å². The molecule has 4 amide bonds. The topological polar surface area (TPSA) is 139 Å². The second-order valence-corrected chi connectivity index (χ2v) is 10.2. The zero-order chi connectivity index (χ0) is 31.5. The van der Waals surface area contributed by atoms with Gasteiger partial charge >= 0.3 is 12.2 Å². The number of anilines is 1. The number of rotatable bonds is 9. The number of alkyl halides is 3. The Balaban J connectivity index is 1.54. The van der Waals surface area contributed by atoms with Gasteiger partial charge < -0.3 is 25.6 Å². The highest BCUT2D eigenvalue weighted by atomic mass is 19.4. The van der Waals surface area contributed by atoms with Crippen LogP contribution in [0.4, 0.5) is 36.8 Å². The summed E-state index contributed by atoms with van der Waals surface area (Å²) >= 11 is 0. The number of hydrogen-bond acceptors (Lipinski definition) is 7. The van der Waals surface area contributed by atoms with Gasteiger partial charge in [-0.15, -0.1) is 0 Å². The molecule has 2 fully saturated rings. The molecule has 0 radical (unpaired) electrons. The molecule has 234 valence electrons. The number of nitrogens with one attached hydrogen (secondary N) is 3. The van der Waals surface area contributed by atoms with Gasteiger partial charge in [-0.1, -0.05) is 11.2 Å². The Morgan fingerprint density at radius 1 is 1.21 bits per heavy atom. The zero-order valence-corrected chi connectivity index (χ0v) is 22.9. The molecule has 1 aliphatic heterocycles. The molecule has 11 nitrogen and oxygen atoms in total. The summed E-state index contributed by atoms with van der Waals surface area (Å²) in [5, 5.41) is 13.8. The smallest absolute Gasteiger partial charge is 0.382 e. The molecule has 1 unspecified atom stereocenters. The van der Waals surface area contributed by atoms with Gasteiger partial charge in [-0.3, -0.25) is 9.59 Å². The van der Waals surface area contributed by atoms with Crippen LogP contribution >= 0.6 is 0 Å². The maximum absolute atomic E-state index is 15.3. The van der Waals surface area contributed by atoms with Crippen molar-refractivity contribution in [2.75, 3.05) is 25.6 Å². The van der Waals surface area contributed by atoms with E-state index in [1.54, 1.807) is 0 Å². The van der Waals surface area contributed by atoms with Crippen LogP contribution in [0.15, 0.2) is 34.5 Å². The van der Waals surface area contributed by atoms with Crippen LogP contribution in [-0.2, 0) is 9.53 Å². The number of halogens is 6. The summed E-state index contributed by atoms with van der Waals surface area (Å²) in [7, 11) is 1.27. The lowest BCUT2D eigenvalue weighted by molar-refractivity contribution is -0.150. The molecule has 2 aromatic rings. The summed E-state index contributed by atoms with van der Waals surface area (Å²) in [5.41, 5.74) is -0.311. The zero-order valence-electron chi connectivity index (χ0n) is 22.9. The summed E-state index contributed by atoms with van der Waals surface area (Å²) in [6.07, 6.45) is -6.20. The minimum Gasteiger partial charge on any atom is -0.382 e. The highest BCUT2D eigenvalue weighted by Crippen LogP contribution is 2.34. The fourth-order valence-electron chi connectivity index (χ4n) is 5.14. The third kappa shape index (κ3) is 7.26. The summed E-state index contributed by atoms with van der Waals surface area (Å²) in [6, 6.07) is -2.05. The molecule has 1 aliphatic carbocycles. The van der Waals surface area contributed by atoms with Crippen molar-refractivity contribution in [3.8, 4) is 0 Å². The maximum Gasteiger partial charge on any atom is 0.410 e. The van der Waals surface area contributed by atoms with Crippen LogP contribution in [0.25, 0.3) is 0 Å². The number of urea groups is 1. The van der Waals surface area contributed by atoms with Crippen LogP contribution in [0, 0.1) is 18.7 Å². The van der Waals surface area contributed by atoms with Crippen LogP contribution in [0.5, 0.6) is 0 Å². The number of carbonyl (C=O) groups excluding carboxylic acids is 3. The van der Waals surface area contributed by atoms with Gasteiger partial charge in [0.15, 0.2) is 5.69 Å². The molecule has 2 aliphatic rings. The quantitative estimate of drug-likeness (QED) is 0.358. The number of nitrogens with zero attached hydrogens (tertiary/aromatic N) is 3. The van der Waals surface area contributed by atoms with Crippen LogP contribution in [0.3, 0.4) is 0 Å². The van der Waals surface area contributed by atoms with Crippen LogP contribution < -0.4 is 16.0 Å². The number of aryl methyl sites for hydroxylation is 1. The molecule has 0 bridgehead atoms. The van der Waals surface area contributed by atoms with Crippen LogP contribution in [0.1, 0.15) is 53.5 Å². The van der Waals surface area contributed by atoms with E-state index in [2.05, 4.69) is 25.6 Å². The van der Waals surface area contributed by atoms with Gasteiger partial charge in [-0.2, -0.15) is 22.0 Å². The molecular formula is C26H28F6N6O5. The number of methoxy groups -OCH3 is 1. The van der Waals surface area contributed by atoms with Crippen LogP contribution in [0.2, 0.25) is 0 Å². The number of amides is 4. The van der Waals surface area contributed by atoms with E-state index >= 15 is 4.39 Å². The molecule has 1 aromatic heterocycles. The highest BCUT2D eigenvalue weighted by molar-refractivity contribution is 6.01. The number of benzene rings is 1. The Kier molecular flexibility index (Phi) is 9.62. The Morgan fingerprint density at radius 2 is 1.91 bits per heavy atom. The molecule has 3 N–H and O–H groups in total. The Bertz CT molecular complexity index is 1380. The molecule has 0 spiro atoms. The summed E-state index contributed by atoms with van der Waals surface area (Å²) in [6.45, 7) is 0.485. The van der Waals surface area contributed by atoms with Gasteiger partial charge in [0.2, 0.25) is 5.91 Å². The predicted molar refractivity (Wildman–Crippen MR) is 136 cm³/mol. The monoisotopic (exact) mass is 618 g/mol.